The number of nitrogens with zero attached hydrogens (tertiary/aromatic N) is 2. The average Bonchev–Trinajstić information content (AvgIpc) is 2.13. The summed E-state index contributed by atoms with van der Waals surface area (Å²) in [6.45, 7) is 5.05. The van der Waals surface area contributed by atoms with E-state index in [9.17, 15) is 4.79 Å². The predicted octanol–water partition coefficient (Wildman–Crippen LogP) is 1.43. The third-order valence-electron chi connectivity index (χ3n) is 1.52. The maximum absolute atomic E-state index is 11.4. The van der Waals surface area contributed by atoms with Crippen molar-refractivity contribution in [2.75, 3.05) is 12.3 Å². The topological polar surface area (TPSA) is 87.3 Å². The van der Waals surface area contributed by atoms with Crippen LogP contribution in [0.25, 0.3) is 0 Å². The summed E-state index contributed by atoms with van der Waals surface area (Å²) in [4.78, 5) is 18.7. The molecule has 1 aromatic rings. The van der Waals surface area contributed by atoms with Crippen LogP contribution in [-0.2, 0) is 9.53 Å². The minimum atomic E-state index is -0.553. The molecule has 94 valence electrons. The first-order chi connectivity index (χ1) is 7.78. The zero-order chi connectivity index (χ0) is 13.1. The van der Waals surface area contributed by atoms with Gasteiger partial charge in [0.05, 0.1) is 6.20 Å². The summed E-state index contributed by atoms with van der Waals surface area (Å²) in [6.07, 6.45) is 1.30. The molecule has 7 heteroatoms. The molecule has 0 fully saturated rings. The van der Waals surface area contributed by atoms with Crippen molar-refractivity contribution in [2.45, 2.75) is 26.4 Å². The average molecular weight is 260 g/mol. The number of rotatable bonds is 3. The Morgan fingerprint density at radius 3 is 2.71 bits per heavy atom. The summed E-state index contributed by atoms with van der Waals surface area (Å²) in [5.74, 6) is -0.222. The fraction of sp³-hybridized carbons (Fsp3) is 0.500. The fourth-order valence-corrected chi connectivity index (χ4v) is 1.12. The molecule has 0 aliphatic rings. The van der Waals surface area contributed by atoms with Gasteiger partial charge < -0.3 is 15.2 Å². The van der Waals surface area contributed by atoms with Crippen molar-refractivity contribution in [3.63, 3.8) is 0 Å². The van der Waals surface area contributed by atoms with Crippen molar-refractivity contribution in [3.8, 4) is 5.75 Å². The van der Waals surface area contributed by atoms with E-state index >= 15 is 0 Å². The number of hydrogen-bond acceptors (Lipinski definition) is 6. The lowest BCUT2D eigenvalue weighted by atomic mass is 10.2. The molecule has 1 heterocycles. The number of anilines is 1. The Bertz CT molecular complexity index is 418. The highest BCUT2D eigenvalue weighted by Crippen LogP contribution is 2.18. The first-order valence-electron chi connectivity index (χ1n) is 4.90. The highest BCUT2D eigenvalue weighted by Gasteiger charge is 2.17. The maximum atomic E-state index is 11.4. The lowest BCUT2D eigenvalue weighted by Gasteiger charge is -2.19. The zero-order valence-electron chi connectivity index (χ0n) is 9.86. The Morgan fingerprint density at radius 1 is 1.53 bits per heavy atom. The molecule has 0 aromatic carbocycles. The molecule has 17 heavy (non-hydrogen) atoms. The van der Waals surface area contributed by atoms with E-state index in [0.717, 1.165) is 0 Å². The van der Waals surface area contributed by atoms with Gasteiger partial charge in [-0.15, -0.1) is 0 Å². The monoisotopic (exact) mass is 259 g/mol. The fourth-order valence-electron chi connectivity index (χ4n) is 0.980. The van der Waals surface area contributed by atoms with Crippen molar-refractivity contribution in [1.29, 1.82) is 0 Å². The number of ether oxygens (including phenoxy) is 2. The van der Waals surface area contributed by atoms with Crippen molar-refractivity contribution >= 4 is 23.4 Å². The maximum Gasteiger partial charge on any atom is 0.344 e. The Balaban J connectivity index is 2.53. The van der Waals surface area contributed by atoms with Gasteiger partial charge in [0.25, 0.3) is 0 Å². The van der Waals surface area contributed by atoms with Crippen LogP contribution in [0.4, 0.5) is 5.82 Å². The van der Waals surface area contributed by atoms with Gasteiger partial charge in [-0.1, -0.05) is 0 Å². The number of esters is 1. The van der Waals surface area contributed by atoms with Gasteiger partial charge in [0.1, 0.15) is 5.60 Å². The second-order valence-electron chi connectivity index (χ2n) is 4.26. The molecular weight excluding hydrogens is 246 g/mol. The van der Waals surface area contributed by atoms with Gasteiger partial charge in [-0.05, 0) is 32.4 Å². The second kappa shape index (κ2) is 5.18. The number of nitrogens with two attached hydrogens (primary N) is 1. The Morgan fingerprint density at radius 2 is 2.18 bits per heavy atom. The first-order valence-corrected chi connectivity index (χ1v) is 5.28. The van der Waals surface area contributed by atoms with E-state index in [1.165, 1.54) is 6.20 Å². The molecular formula is C10H14ClN3O3. The van der Waals surface area contributed by atoms with Crippen molar-refractivity contribution in [1.82, 2.24) is 9.97 Å². The number of carbonyl (C=O) groups is 1. The lowest BCUT2D eigenvalue weighted by molar-refractivity contribution is -0.157. The standard InChI is InChI=1S/C10H14ClN3O3/c1-10(2,3)17-7(15)5-16-6-4-13-9(11)14-8(6)12/h4H,5H2,1-3H3,(H2,12,13,14). The van der Waals surface area contributed by atoms with Crippen LogP contribution < -0.4 is 10.5 Å². The molecule has 0 atom stereocenters. The number of nitrogen functional groups attached to an aromatic ring is 1. The summed E-state index contributed by atoms with van der Waals surface area (Å²) in [7, 11) is 0. The van der Waals surface area contributed by atoms with Gasteiger partial charge in [0, 0.05) is 0 Å². The minimum Gasteiger partial charge on any atom is -0.476 e. The molecule has 0 unspecified atom stereocenters. The normalized spacial score (nSPS) is 11.1. The summed E-state index contributed by atoms with van der Waals surface area (Å²) < 4.78 is 10.2. The molecule has 0 spiro atoms. The highest BCUT2D eigenvalue weighted by atomic mass is 35.5. The van der Waals surface area contributed by atoms with E-state index in [1.54, 1.807) is 20.8 Å². The van der Waals surface area contributed by atoms with Crippen molar-refractivity contribution < 1.29 is 14.3 Å². The molecule has 0 saturated heterocycles. The van der Waals surface area contributed by atoms with Gasteiger partial charge in [0.2, 0.25) is 5.28 Å². The SMILES string of the molecule is CC(C)(C)OC(=O)COc1cnc(Cl)nc1N. The minimum absolute atomic E-state index is 0.0205. The molecule has 1 aromatic heterocycles. The Kier molecular flexibility index (Phi) is 4.11. The largest absolute Gasteiger partial charge is 0.476 e. The van der Waals surface area contributed by atoms with E-state index < -0.39 is 11.6 Å². The van der Waals surface area contributed by atoms with E-state index in [0.29, 0.717) is 0 Å². The van der Waals surface area contributed by atoms with Crippen LogP contribution in [0.5, 0.6) is 5.75 Å². The molecule has 0 amide bonds. The van der Waals surface area contributed by atoms with Crippen molar-refractivity contribution in [3.05, 3.63) is 11.5 Å². The van der Waals surface area contributed by atoms with Crippen LogP contribution in [0.2, 0.25) is 5.28 Å². The van der Waals surface area contributed by atoms with Gasteiger partial charge >= 0.3 is 5.97 Å². The Labute approximate surface area is 104 Å². The Hall–Kier alpha value is -1.56. The van der Waals surface area contributed by atoms with E-state index in [1.807, 2.05) is 0 Å². The van der Waals surface area contributed by atoms with Gasteiger partial charge in [-0.3, -0.25) is 0 Å². The predicted molar refractivity (Wildman–Crippen MR) is 62.8 cm³/mol. The van der Waals surface area contributed by atoms with E-state index in [-0.39, 0.29) is 23.5 Å². The molecule has 1 rings (SSSR count). The summed E-state index contributed by atoms with van der Waals surface area (Å²) >= 11 is 5.52. The molecule has 0 radical (unpaired) electrons. The summed E-state index contributed by atoms with van der Waals surface area (Å²) in [6, 6.07) is 0. The van der Waals surface area contributed by atoms with Crippen molar-refractivity contribution in [2.24, 2.45) is 0 Å². The third-order valence-corrected chi connectivity index (χ3v) is 1.70. The van der Waals surface area contributed by atoms with Crippen LogP contribution in [-0.4, -0.2) is 28.1 Å². The first kappa shape index (κ1) is 13.5. The quantitative estimate of drug-likeness (QED) is 0.653. The number of carbonyl (C=O) groups excluding carboxylic acids is 1. The summed E-state index contributed by atoms with van der Waals surface area (Å²) in [5, 5.41) is 0.0205. The highest BCUT2D eigenvalue weighted by molar-refractivity contribution is 6.28. The number of halogens is 1. The zero-order valence-corrected chi connectivity index (χ0v) is 10.6. The smallest absolute Gasteiger partial charge is 0.344 e. The van der Waals surface area contributed by atoms with Gasteiger partial charge in [-0.2, -0.15) is 4.98 Å². The molecule has 0 saturated carbocycles. The lowest BCUT2D eigenvalue weighted by Crippen LogP contribution is -2.27. The van der Waals surface area contributed by atoms with Crippen LogP contribution in [0.3, 0.4) is 0 Å². The number of aromatic nitrogens is 2. The van der Waals surface area contributed by atoms with E-state index in [4.69, 9.17) is 26.8 Å². The van der Waals surface area contributed by atoms with Crippen LogP contribution >= 0.6 is 11.6 Å². The van der Waals surface area contributed by atoms with Gasteiger partial charge in [0.15, 0.2) is 18.2 Å². The molecule has 0 aliphatic heterocycles. The number of hydrogen-bond donors (Lipinski definition) is 1. The van der Waals surface area contributed by atoms with Crippen LogP contribution in [0.15, 0.2) is 6.20 Å². The molecule has 6 nitrogen and oxygen atoms in total. The third kappa shape index (κ3) is 4.86. The molecule has 0 bridgehead atoms. The second-order valence-corrected chi connectivity index (χ2v) is 4.60. The summed E-state index contributed by atoms with van der Waals surface area (Å²) in [5.41, 5.74) is 4.97. The molecule has 0 aliphatic carbocycles. The molecule has 2 N–H and O–H groups in total. The van der Waals surface area contributed by atoms with E-state index in [2.05, 4.69) is 9.97 Å². The van der Waals surface area contributed by atoms with Crippen LogP contribution in [0, 0.1) is 0 Å². The van der Waals surface area contributed by atoms with Gasteiger partial charge in [-0.25, -0.2) is 9.78 Å². The van der Waals surface area contributed by atoms with Crippen LogP contribution in [0.1, 0.15) is 20.8 Å².